The number of carboxylic acids is 1. The number of nitrogens with two attached hydrogens (primary N) is 4. The SMILES string of the molecule is C[C@H](NC(=O)[C@H](CO)NC(=O)[C@@H](N)Cc1ccc(O)cc1)C(=O)N[C@@H](Cc1ccc(-c2ccccc2)cc1)C(=O)N1CCC[C@H]1C(=O)N[C@@H](CC(=O)O)C(=O)N[C@@H](CO)C(=O)N[C@H](C(=O)N1CCC[C@H]1C(=O)N[C@@H](Cc1ccccc1)C(=O)N[C@@H](CCCN=C(N)N)C(=O)N1CCC[C@H]1C(N)=O)C1CCCCC1. The minimum atomic E-state index is -1.94. The third kappa shape index (κ3) is 23.2. The van der Waals surface area contributed by atoms with Crippen LogP contribution in [0.3, 0.4) is 0 Å². The first-order valence-electron chi connectivity index (χ1n) is 36.6. The van der Waals surface area contributed by atoms with Crippen LogP contribution >= 0.6 is 0 Å². The van der Waals surface area contributed by atoms with Gasteiger partial charge in [0.05, 0.1) is 25.7 Å². The predicted molar refractivity (Wildman–Crippen MR) is 393 cm³/mol. The van der Waals surface area contributed by atoms with Crippen LogP contribution in [0, 0.1) is 5.92 Å². The minimum absolute atomic E-state index is 0.00153. The number of likely N-dealkylation sites (tertiary alicyclic amines) is 3. The van der Waals surface area contributed by atoms with E-state index in [1.165, 1.54) is 28.9 Å². The number of carboxylic acid groups (broad SMARTS) is 1. The maximum atomic E-state index is 15.1. The molecule has 0 radical (unpaired) electrons. The molecule has 4 fully saturated rings. The van der Waals surface area contributed by atoms with Gasteiger partial charge in [-0.2, -0.15) is 0 Å². The van der Waals surface area contributed by atoms with Gasteiger partial charge in [-0.3, -0.25) is 67.3 Å². The monoisotopic (exact) mass is 1500 g/mol. The van der Waals surface area contributed by atoms with Crippen molar-refractivity contribution in [3.63, 3.8) is 0 Å². The van der Waals surface area contributed by atoms with Crippen molar-refractivity contribution in [1.82, 2.24) is 57.2 Å². The molecular weight excluding hydrogens is 1400 g/mol. The van der Waals surface area contributed by atoms with E-state index in [1.54, 1.807) is 54.6 Å². The summed E-state index contributed by atoms with van der Waals surface area (Å²) in [6.07, 6.45) is 3.57. The molecule has 0 unspecified atom stereocenters. The van der Waals surface area contributed by atoms with Crippen molar-refractivity contribution < 1.29 is 82.8 Å². The molecule has 3 saturated heterocycles. The number of benzene rings is 4. The van der Waals surface area contributed by atoms with Crippen molar-refractivity contribution in [2.75, 3.05) is 39.4 Å². The molecule has 12 atom stereocenters. The number of guanidine groups is 1. The molecule has 0 aromatic heterocycles. The summed E-state index contributed by atoms with van der Waals surface area (Å²) < 4.78 is 0. The maximum absolute atomic E-state index is 15.1. The van der Waals surface area contributed by atoms with Crippen LogP contribution in [0.25, 0.3) is 11.1 Å². The lowest BCUT2D eigenvalue weighted by Gasteiger charge is -2.35. The molecule has 582 valence electrons. The van der Waals surface area contributed by atoms with Crippen molar-refractivity contribution >= 4 is 82.8 Å². The zero-order valence-electron chi connectivity index (χ0n) is 60.4. The van der Waals surface area contributed by atoms with Crippen LogP contribution in [0.4, 0.5) is 0 Å². The third-order valence-electron chi connectivity index (χ3n) is 19.9. The second-order valence-electron chi connectivity index (χ2n) is 27.8. The smallest absolute Gasteiger partial charge is 0.305 e. The number of aromatic hydroxyl groups is 1. The minimum Gasteiger partial charge on any atom is -0.508 e. The van der Waals surface area contributed by atoms with Crippen molar-refractivity contribution in [2.45, 2.75) is 189 Å². The van der Waals surface area contributed by atoms with E-state index in [0.717, 1.165) is 22.4 Å². The molecule has 4 aromatic carbocycles. The average Bonchev–Trinajstić information content (AvgIpc) is 1.87. The number of hydrogen-bond donors (Lipinski definition) is 16. The average molecular weight is 1500 g/mol. The van der Waals surface area contributed by atoms with Gasteiger partial charge in [0.25, 0.3) is 0 Å². The summed E-state index contributed by atoms with van der Waals surface area (Å²) in [5.41, 5.74) is 26.4. The Bertz CT molecular complexity index is 3840. The molecule has 20 N–H and O–H groups in total. The highest BCUT2D eigenvalue weighted by Gasteiger charge is 2.45. The van der Waals surface area contributed by atoms with E-state index in [9.17, 15) is 78.0 Å². The van der Waals surface area contributed by atoms with Gasteiger partial charge in [0.15, 0.2) is 5.96 Å². The van der Waals surface area contributed by atoms with E-state index in [0.29, 0.717) is 61.6 Å². The number of aliphatic imine (C=N–C) groups is 1. The standard InChI is InChI=1S/C75H100N16O17/c1-43(81-68(102)56(41-92)86-65(99)51(76)37-45-27-31-50(94)32-28-45)64(98)85-55(39-46-25-29-48(30-26-46)47-17-7-3-8-18-47)73(107)90-35-13-23-59(90)70(104)84-54(40-61(95)96)67(101)87-57(42-93)69(103)88-62(49-19-9-4-10-20-49)74(108)91-36-14-24-60(91)71(105)83-53(38-44-15-5-2-6-16-44)66(100)82-52(21-11-33-80-75(78)79)72(106)89-34-12-22-58(89)63(77)97/h2-3,5-8,15-18,25-32,43,49,51-60,62,92-94H,4,9-14,19-24,33-42,76H2,1H3,(H2,77,97)(H,81,102)(H,82,100)(H,83,105)(H,84,104)(H,85,98)(H,86,99)(H,87,101)(H,88,103)(H,95,96)(H4,78,79,80)/t43-,51-,52-,53-,54-,55-,56-,57-,58-,59-,60-,62-/m0/s1. The number of phenolic OH excluding ortho intramolecular Hbond substituents is 1. The predicted octanol–water partition coefficient (Wildman–Crippen LogP) is -2.14. The number of aliphatic carboxylic acids is 1. The van der Waals surface area contributed by atoms with Crippen LogP contribution < -0.4 is 65.5 Å². The summed E-state index contributed by atoms with van der Waals surface area (Å²) in [6.45, 7) is -0.380. The zero-order chi connectivity index (χ0) is 78.1. The third-order valence-corrected chi connectivity index (χ3v) is 19.9. The molecular formula is C75H100N16O17. The molecule has 33 heteroatoms. The molecule has 108 heavy (non-hydrogen) atoms. The van der Waals surface area contributed by atoms with Crippen molar-refractivity contribution in [1.29, 1.82) is 0 Å². The Morgan fingerprint density at radius 2 is 0.917 bits per heavy atom. The fourth-order valence-corrected chi connectivity index (χ4v) is 14.1. The Kier molecular flexibility index (Phi) is 30.6. The topological polar surface area (TPSA) is 525 Å². The molecule has 4 aliphatic rings. The van der Waals surface area contributed by atoms with Gasteiger partial charge in [0.1, 0.15) is 72.2 Å². The lowest BCUT2D eigenvalue weighted by atomic mass is 9.83. The highest BCUT2D eigenvalue weighted by molar-refractivity contribution is 6.00. The molecule has 33 nitrogen and oxygen atoms in total. The van der Waals surface area contributed by atoms with Gasteiger partial charge in [0, 0.05) is 39.0 Å². The van der Waals surface area contributed by atoms with Gasteiger partial charge in [0.2, 0.25) is 70.9 Å². The Morgan fingerprint density at radius 3 is 1.49 bits per heavy atom. The zero-order valence-corrected chi connectivity index (χ0v) is 60.4. The van der Waals surface area contributed by atoms with E-state index in [4.69, 9.17) is 22.9 Å². The fraction of sp³-hybridized carbons (Fsp3) is 0.493. The first-order valence-corrected chi connectivity index (χ1v) is 36.6. The summed E-state index contributed by atoms with van der Waals surface area (Å²) in [5, 5.41) is 61.3. The van der Waals surface area contributed by atoms with E-state index >= 15 is 4.79 Å². The summed E-state index contributed by atoms with van der Waals surface area (Å²) in [4.78, 5) is 190. The van der Waals surface area contributed by atoms with Crippen LogP contribution in [0.15, 0.2) is 114 Å². The van der Waals surface area contributed by atoms with Gasteiger partial charge in [-0.1, -0.05) is 116 Å². The molecule has 1 aliphatic carbocycles. The second-order valence-corrected chi connectivity index (χ2v) is 27.8. The van der Waals surface area contributed by atoms with Crippen molar-refractivity contribution in [3.05, 3.63) is 126 Å². The first-order chi connectivity index (χ1) is 51.7. The number of phenols is 1. The Morgan fingerprint density at radius 1 is 0.463 bits per heavy atom. The van der Waals surface area contributed by atoms with Crippen molar-refractivity contribution in [3.8, 4) is 16.9 Å². The number of hydrogen-bond acceptors (Lipinski definition) is 18. The summed E-state index contributed by atoms with van der Waals surface area (Å²) in [7, 11) is 0. The number of carbonyl (C=O) groups excluding carboxylic acids is 12. The van der Waals surface area contributed by atoms with E-state index in [2.05, 4.69) is 47.5 Å². The second kappa shape index (κ2) is 40.1. The Balaban J connectivity index is 0.945. The lowest BCUT2D eigenvalue weighted by molar-refractivity contribution is -0.145. The van der Waals surface area contributed by atoms with Crippen LogP contribution in [-0.2, 0) is 81.6 Å². The van der Waals surface area contributed by atoms with Crippen LogP contribution in [0.5, 0.6) is 5.75 Å². The number of carbonyl (C=O) groups is 13. The van der Waals surface area contributed by atoms with Gasteiger partial charge in [-0.25, -0.2) is 0 Å². The molecule has 4 aromatic rings. The molecule has 3 heterocycles. The molecule has 1 saturated carbocycles. The number of nitrogens with zero attached hydrogens (tertiary/aromatic N) is 4. The number of nitrogens with one attached hydrogen (secondary N) is 8. The van der Waals surface area contributed by atoms with E-state index in [1.807, 2.05) is 42.5 Å². The van der Waals surface area contributed by atoms with Crippen LogP contribution in [0.1, 0.15) is 114 Å². The Hall–Kier alpha value is -11.1. The van der Waals surface area contributed by atoms with Gasteiger partial charge < -0.3 is 101 Å². The number of rotatable bonds is 36. The van der Waals surface area contributed by atoms with Gasteiger partial charge >= 0.3 is 5.97 Å². The summed E-state index contributed by atoms with van der Waals surface area (Å²) in [6, 6.07) is 14.4. The Labute approximate surface area is 624 Å². The highest BCUT2D eigenvalue weighted by atomic mass is 16.4. The molecule has 3 aliphatic heterocycles. The molecule has 0 bridgehead atoms. The first kappa shape index (κ1) is 82.6. The van der Waals surface area contributed by atoms with Crippen molar-refractivity contribution in [2.24, 2.45) is 33.8 Å². The van der Waals surface area contributed by atoms with E-state index < -0.39 is 175 Å². The van der Waals surface area contributed by atoms with Gasteiger partial charge in [-0.15, -0.1) is 0 Å². The normalized spacial score (nSPS) is 18.9. The quantitative estimate of drug-likeness (QED) is 0.0131. The summed E-state index contributed by atoms with van der Waals surface area (Å²) in [5.74, 6) is -12.4. The lowest BCUT2D eigenvalue weighted by Crippen LogP contribution is -2.62. The van der Waals surface area contributed by atoms with Crippen LogP contribution in [0.2, 0.25) is 0 Å². The number of amides is 12. The van der Waals surface area contributed by atoms with Crippen LogP contribution in [-0.4, -0.2) is 230 Å². The number of aliphatic hydroxyl groups is 2. The maximum Gasteiger partial charge on any atom is 0.305 e. The molecule has 0 spiro atoms. The molecule has 12 amide bonds. The largest absolute Gasteiger partial charge is 0.508 e. The molecule has 8 rings (SSSR count). The highest BCUT2D eigenvalue weighted by Crippen LogP contribution is 2.31. The van der Waals surface area contributed by atoms with E-state index in [-0.39, 0.29) is 89.3 Å². The number of primary amides is 1. The summed E-state index contributed by atoms with van der Waals surface area (Å²) >= 11 is 0. The number of aliphatic hydroxyl groups excluding tert-OH is 2. The van der Waals surface area contributed by atoms with Gasteiger partial charge in [-0.05, 0) is 123 Å². The fourth-order valence-electron chi connectivity index (χ4n) is 14.1.